The van der Waals surface area contributed by atoms with Crippen molar-refractivity contribution >= 4 is 17.3 Å². The molecule has 0 radical (unpaired) electrons. The lowest BCUT2D eigenvalue weighted by Gasteiger charge is -2.19. The van der Waals surface area contributed by atoms with Crippen LogP contribution in [-0.2, 0) is 12.0 Å². The molecule has 0 amide bonds. The highest BCUT2D eigenvalue weighted by Gasteiger charge is 2.12. The molecule has 0 heterocycles. The number of halogens is 1. The van der Waals surface area contributed by atoms with Crippen LogP contribution in [-0.4, -0.2) is 0 Å². The number of hydrogen-bond acceptors (Lipinski definition) is 2. The highest BCUT2D eigenvalue weighted by Crippen LogP contribution is 2.25. The summed E-state index contributed by atoms with van der Waals surface area (Å²) in [7, 11) is 0. The molecule has 2 N–H and O–H groups in total. The van der Waals surface area contributed by atoms with Crippen LogP contribution < -0.4 is 10.5 Å². The second-order valence-electron chi connectivity index (χ2n) is 5.92. The Kier molecular flexibility index (Phi) is 4.24. The molecule has 2 nitrogen and oxygen atoms in total. The average molecular weight is 290 g/mol. The summed E-state index contributed by atoms with van der Waals surface area (Å²) < 4.78 is 5.71. The summed E-state index contributed by atoms with van der Waals surface area (Å²) in [4.78, 5) is 0. The van der Waals surface area contributed by atoms with Crippen molar-refractivity contribution in [1.82, 2.24) is 0 Å². The topological polar surface area (TPSA) is 35.2 Å². The first-order chi connectivity index (χ1) is 9.36. The summed E-state index contributed by atoms with van der Waals surface area (Å²) >= 11 is 5.96. The van der Waals surface area contributed by atoms with E-state index in [9.17, 15) is 0 Å². The van der Waals surface area contributed by atoms with Crippen LogP contribution in [0.3, 0.4) is 0 Å². The van der Waals surface area contributed by atoms with Gasteiger partial charge in [0.1, 0.15) is 12.4 Å². The zero-order valence-corrected chi connectivity index (χ0v) is 12.9. The standard InChI is InChI=1S/C17H20ClNO/c1-17(2,3)13-6-4-12(5-7-13)11-20-14-8-9-16(19)15(18)10-14/h4-10H,11,19H2,1-3H3. The van der Waals surface area contributed by atoms with Crippen molar-refractivity contribution in [2.24, 2.45) is 0 Å². The van der Waals surface area contributed by atoms with E-state index in [0.29, 0.717) is 17.3 Å². The van der Waals surface area contributed by atoms with Crippen LogP contribution in [0.4, 0.5) is 5.69 Å². The van der Waals surface area contributed by atoms with Gasteiger partial charge < -0.3 is 10.5 Å². The molecule has 2 aromatic rings. The van der Waals surface area contributed by atoms with Crippen LogP contribution in [0.5, 0.6) is 5.75 Å². The van der Waals surface area contributed by atoms with E-state index < -0.39 is 0 Å². The maximum atomic E-state index is 5.96. The van der Waals surface area contributed by atoms with Gasteiger partial charge in [0.2, 0.25) is 0 Å². The summed E-state index contributed by atoms with van der Waals surface area (Å²) in [5.41, 5.74) is 8.85. The molecular weight excluding hydrogens is 270 g/mol. The first-order valence-corrected chi connectivity index (χ1v) is 7.01. The molecule has 0 spiro atoms. The monoisotopic (exact) mass is 289 g/mol. The average Bonchev–Trinajstić information content (AvgIpc) is 2.40. The minimum atomic E-state index is 0.171. The third-order valence-corrected chi connectivity index (χ3v) is 3.52. The van der Waals surface area contributed by atoms with Gasteiger partial charge in [0.25, 0.3) is 0 Å². The molecule has 0 saturated heterocycles. The number of hydrogen-bond donors (Lipinski definition) is 1. The molecule has 0 saturated carbocycles. The lowest BCUT2D eigenvalue weighted by molar-refractivity contribution is 0.306. The lowest BCUT2D eigenvalue weighted by atomic mass is 9.87. The summed E-state index contributed by atoms with van der Waals surface area (Å²) in [5.74, 6) is 0.726. The van der Waals surface area contributed by atoms with Crippen LogP contribution in [0.15, 0.2) is 42.5 Å². The molecule has 0 fully saturated rings. The predicted molar refractivity (Wildman–Crippen MR) is 85.3 cm³/mol. The number of nitrogens with two attached hydrogens (primary N) is 1. The zero-order chi connectivity index (χ0) is 14.8. The van der Waals surface area contributed by atoms with E-state index in [1.807, 2.05) is 6.07 Å². The van der Waals surface area contributed by atoms with Crippen LogP contribution in [0, 0.1) is 0 Å². The first-order valence-electron chi connectivity index (χ1n) is 6.63. The second kappa shape index (κ2) is 5.76. The van der Waals surface area contributed by atoms with Crippen LogP contribution >= 0.6 is 11.6 Å². The molecule has 0 aliphatic carbocycles. The van der Waals surface area contributed by atoms with Gasteiger partial charge in [-0.15, -0.1) is 0 Å². The van der Waals surface area contributed by atoms with Crippen molar-refractivity contribution in [3.8, 4) is 5.75 Å². The molecule has 0 unspecified atom stereocenters. The van der Waals surface area contributed by atoms with Crippen LogP contribution in [0.25, 0.3) is 0 Å². The Balaban J connectivity index is 2.02. The fourth-order valence-corrected chi connectivity index (χ4v) is 2.04. The van der Waals surface area contributed by atoms with Crippen molar-refractivity contribution < 1.29 is 4.74 Å². The number of anilines is 1. The summed E-state index contributed by atoms with van der Waals surface area (Å²) in [6.07, 6.45) is 0. The van der Waals surface area contributed by atoms with Gasteiger partial charge in [-0.2, -0.15) is 0 Å². The van der Waals surface area contributed by atoms with Gasteiger partial charge in [0, 0.05) is 6.07 Å². The van der Waals surface area contributed by atoms with E-state index in [0.717, 1.165) is 11.3 Å². The van der Waals surface area contributed by atoms with Gasteiger partial charge in [0.15, 0.2) is 0 Å². The molecule has 0 bridgehead atoms. The molecule has 3 heteroatoms. The van der Waals surface area contributed by atoms with E-state index in [4.69, 9.17) is 22.1 Å². The molecule has 0 aromatic heterocycles. The minimum absolute atomic E-state index is 0.171. The maximum Gasteiger partial charge on any atom is 0.121 e. The highest BCUT2D eigenvalue weighted by molar-refractivity contribution is 6.33. The van der Waals surface area contributed by atoms with Gasteiger partial charge in [-0.1, -0.05) is 56.6 Å². The van der Waals surface area contributed by atoms with Gasteiger partial charge in [-0.05, 0) is 28.7 Å². The van der Waals surface area contributed by atoms with Gasteiger partial charge in [-0.25, -0.2) is 0 Å². The summed E-state index contributed by atoms with van der Waals surface area (Å²) in [6.45, 7) is 7.13. The summed E-state index contributed by atoms with van der Waals surface area (Å²) in [6, 6.07) is 13.8. The maximum absolute atomic E-state index is 5.96. The predicted octanol–water partition coefficient (Wildman–Crippen LogP) is 4.80. The Morgan fingerprint density at radius 2 is 1.70 bits per heavy atom. The Hall–Kier alpha value is -1.67. The van der Waals surface area contributed by atoms with E-state index in [1.54, 1.807) is 12.1 Å². The first kappa shape index (κ1) is 14.7. The molecule has 0 aliphatic heterocycles. The number of ether oxygens (including phenoxy) is 1. The Morgan fingerprint density at radius 1 is 1.05 bits per heavy atom. The highest BCUT2D eigenvalue weighted by atomic mass is 35.5. The van der Waals surface area contributed by atoms with Crippen molar-refractivity contribution in [3.05, 3.63) is 58.6 Å². The smallest absolute Gasteiger partial charge is 0.121 e. The fourth-order valence-electron chi connectivity index (χ4n) is 1.87. The van der Waals surface area contributed by atoms with E-state index >= 15 is 0 Å². The molecular formula is C17H20ClNO. The van der Waals surface area contributed by atoms with Crippen molar-refractivity contribution in [2.75, 3.05) is 5.73 Å². The van der Waals surface area contributed by atoms with E-state index in [-0.39, 0.29) is 5.41 Å². The quantitative estimate of drug-likeness (QED) is 0.824. The molecule has 0 atom stereocenters. The third kappa shape index (κ3) is 3.67. The molecule has 2 rings (SSSR count). The Labute approximate surface area is 125 Å². The number of rotatable bonds is 3. The van der Waals surface area contributed by atoms with Crippen molar-refractivity contribution in [3.63, 3.8) is 0 Å². The third-order valence-electron chi connectivity index (χ3n) is 3.20. The zero-order valence-electron chi connectivity index (χ0n) is 12.1. The van der Waals surface area contributed by atoms with E-state index in [2.05, 4.69) is 45.0 Å². The molecule has 2 aromatic carbocycles. The second-order valence-corrected chi connectivity index (χ2v) is 6.33. The largest absolute Gasteiger partial charge is 0.489 e. The number of nitrogen functional groups attached to an aromatic ring is 1. The van der Waals surface area contributed by atoms with Crippen LogP contribution in [0.1, 0.15) is 31.9 Å². The fraction of sp³-hybridized carbons (Fsp3) is 0.294. The SMILES string of the molecule is CC(C)(C)c1ccc(COc2ccc(N)c(Cl)c2)cc1. The van der Waals surface area contributed by atoms with Crippen LogP contribution in [0.2, 0.25) is 5.02 Å². The summed E-state index contributed by atoms with van der Waals surface area (Å²) in [5, 5.41) is 0.519. The number of benzene rings is 2. The normalized spacial score (nSPS) is 11.4. The van der Waals surface area contributed by atoms with Gasteiger partial charge >= 0.3 is 0 Å². The van der Waals surface area contributed by atoms with Crippen molar-refractivity contribution in [1.29, 1.82) is 0 Å². The Bertz CT molecular complexity index is 585. The van der Waals surface area contributed by atoms with Gasteiger partial charge in [0.05, 0.1) is 10.7 Å². The van der Waals surface area contributed by atoms with Gasteiger partial charge in [-0.3, -0.25) is 0 Å². The molecule has 20 heavy (non-hydrogen) atoms. The molecule has 0 aliphatic rings. The molecule has 106 valence electrons. The minimum Gasteiger partial charge on any atom is -0.489 e. The van der Waals surface area contributed by atoms with Crippen molar-refractivity contribution in [2.45, 2.75) is 32.8 Å². The lowest BCUT2D eigenvalue weighted by Crippen LogP contribution is -2.10. The van der Waals surface area contributed by atoms with E-state index in [1.165, 1.54) is 5.56 Å². The Morgan fingerprint density at radius 3 is 2.25 bits per heavy atom.